The zero-order valence-corrected chi connectivity index (χ0v) is 25.5. The molecule has 212 valence electrons. The highest BCUT2D eigenvalue weighted by molar-refractivity contribution is 7.79. The molecule has 3 heteroatoms. The maximum absolute atomic E-state index is 2.47. The number of fused-ring (bicyclic) bond motifs is 7. The van der Waals surface area contributed by atoms with Crippen LogP contribution in [0.15, 0.2) is 176 Å². The molecule has 9 aromatic rings. The van der Waals surface area contributed by atoms with Crippen LogP contribution in [0.2, 0.25) is 0 Å². The smallest absolute Gasteiger partial charge is 0.0788 e. The quantitative estimate of drug-likeness (QED) is 0.176. The van der Waals surface area contributed by atoms with Crippen LogP contribution >= 0.6 is 7.92 Å². The Morgan fingerprint density at radius 1 is 0.289 bits per heavy atom. The Morgan fingerprint density at radius 3 is 1.16 bits per heavy atom. The molecule has 0 spiro atoms. The predicted molar refractivity (Wildman–Crippen MR) is 194 cm³/mol. The molecule has 0 amide bonds. The lowest BCUT2D eigenvalue weighted by Gasteiger charge is -2.20. The second-order valence-corrected chi connectivity index (χ2v) is 13.6. The van der Waals surface area contributed by atoms with E-state index in [1.807, 2.05) is 0 Å². The third-order valence-corrected chi connectivity index (χ3v) is 11.3. The lowest BCUT2D eigenvalue weighted by atomic mass is 10.1. The fraction of sp³-hybridized carbons (Fsp3) is 0. The molecule has 2 heterocycles. The average molecular weight is 593 g/mol. The summed E-state index contributed by atoms with van der Waals surface area (Å²) in [7, 11) is -0.676. The van der Waals surface area contributed by atoms with Gasteiger partial charge in [-0.3, -0.25) is 0 Å². The molecule has 2 nitrogen and oxygen atoms in total. The molecular weight excluding hydrogens is 563 g/mol. The first-order valence-electron chi connectivity index (χ1n) is 15.4. The summed E-state index contributed by atoms with van der Waals surface area (Å²) in [6.45, 7) is 0. The molecule has 0 saturated heterocycles. The molecular formula is C42H29N2P. The van der Waals surface area contributed by atoms with E-state index in [9.17, 15) is 0 Å². The van der Waals surface area contributed by atoms with E-state index in [0.717, 1.165) is 0 Å². The van der Waals surface area contributed by atoms with Gasteiger partial charge in [0.2, 0.25) is 0 Å². The fourth-order valence-electron chi connectivity index (χ4n) is 6.97. The number of aromatic nitrogens is 2. The Bertz CT molecular complexity index is 2420. The summed E-state index contributed by atoms with van der Waals surface area (Å²) < 4.78 is 4.92. The molecule has 0 fully saturated rings. The first-order chi connectivity index (χ1) is 22.4. The third kappa shape index (κ3) is 4.14. The first kappa shape index (κ1) is 26.0. The van der Waals surface area contributed by atoms with E-state index in [0.29, 0.717) is 0 Å². The van der Waals surface area contributed by atoms with Crippen LogP contribution in [-0.4, -0.2) is 9.13 Å². The van der Waals surface area contributed by atoms with Crippen molar-refractivity contribution in [1.82, 2.24) is 9.13 Å². The Kier molecular flexibility index (Phi) is 6.14. The van der Waals surface area contributed by atoms with Gasteiger partial charge in [0.25, 0.3) is 0 Å². The van der Waals surface area contributed by atoms with Crippen LogP contribution < -0.4 is 15.9 Å². The molecule has 2 aromatic heterocycles. The topological polar surface area (TPSA) is 9.86 Å². The third-order valence-electron chi connectivity index (χ3n) is 8.88. The van der Waals surface area contributed by atoms with Crippen molar-refractivity contribution in [2.75, 3.05) is 0 Å². The van der Waals surface area contributed by atoms with Gasteiger partial charge >= 0.3 is 0 Å². The number of hydrogen-bond donors (Lipinski definition) is 0. The zero-order valence-electron chi connectivity index (χ0n) is 24.6. The van der Waals surface area contributed by atoms with Crippen molar-refractivity contribution in [3.63, 3.8) is 0 Å². The van der Waals surface area contributed by atoms with Crippen LogP contribution in [0.4, 0.5) is 0 Å². The van der Waals surface area contributed by atoms with Gasteiger partial charge in [-0.25, -0.2) is 0 Å². The minimum atomic E-state index is -0.676. The van der Waals surface area contributed by atoms with Crippen LogP contribution in [0.5, 0.6) is 0 Å². The SMILES string of the molecule is c1ccc(-n2c3ccccc3c3ccc4c5ccccc5n(-c5ccc(P(c6ccccc6)c6ccccc6)cc5)c4c32)cc1. The molecule has 7 aromatic carbocycles. The fourth-order valence-corrected chi connectivity index (χ4v) is 9.25. The molecule has 0 radical (unpaired) electrons. The molecule has 9 rings (SSSR count). The number of hydrogen-bond acceptors (Lipinski definition) is 0. The maximum Gasteiger partial charge on any atom is 0.0788 e. The van der Waals surface area contributed by atoms with E-state index in [4.69, 9.17) is 0 Å². The molecule has 0 aliphatic heterocycles. The van der Waals surface area contributed by atoms with Gasteiger partial charge in [0, 0.05) is 32.9 Å². The van der Waals surface area contributed by atoms with Crippen molar-refractivity contribution < 1.29 is 0 Å². The summed E-state index contributed by atoms with van der Waals surface area (Å²) >= 11 is 0. The predicted octanol–water partition coefficient (Wildman–Crippen LogP) is 9.64. The van der Waals surface area contributed by atoms with Crippen LogP contribution in [-0.2, 0) is 0 Å². The number of para-hydroxylation sites is 3. The molecule has 0 N–H and O–H groups in total. The summed E-state index contributed by atoms with van der Waals surface area (Å²) in [4.78, 5) is 0. The Morgan fingerprint density at radius 2 is 0.667 bits per heavy atom. The second kappa shape index (κ2) is 10.6. The van der Waals surface area contributed by atoms with E-state index < -0.39 is 7.92 Å². The van der Waals surface area contributed by atoms with Crippen LogP contribution in [0.1, 0.15) is 0 Å². The van der Waals surface area contributed by atoms with Crippen molar-refractivity contribution in [1.29, 1.82) is 0 Å². The number of benzene rings is 7. The standard InChI is InChI=1S/C42H29N2P/c1-4-14-30(15-5-1)43-39-22-12-10-20-35(39)37-28-29-38-36-21-11-13-23-40(36)44(42(38)41(37)43)31-24-26-34(27-25-31)45(32-16-6-2-7-17-32)33-18-8-3-9-19-33/h1-29H. The molecule has 0 saturated carbocycles. The Hall–Kier alpha value is -5.43. The van der Waals surface area contributed by atoms with Gasteiger partial charge in [0.05, 0.1) is 22.1 Å². The van der Waals surface area contributed by atoms with Gasteiger partial charge in [-0.05, 0) is 60.2 Å². The zero-order chi connectivity index (χ0) is 29.7. The van der Waals surface area contributed by atoms with Gasteiger partial charge in [-0.2, -0.15) is 0 Å². The summed E-state index contributed by atoms with van der Waals surface area (Å²) in [5.74, 6) is 0. The van der Waals surface area contributed by atoms with Crippen LogP contribution in [0, 0.1) is 0 Å². The summed E-state index contributed by atoms with van der Waals surface area (Å²) in [6.07, 6.45) is 0. The molecule has 0 bridgehead atoms. The van der Waals surface area contributed by atoms with E-state index in [1.54, 1.807) is 0 Å². The van der Waals surface area contributed by atoms with Crippen molar-refractivity contribution in [2.45, 2.75) is 0 Å². The highest BCUT2D eigenvalue weighted by Gasteiger charge is 2.22. The maximum atomic E-state index is 2.47. The number of rotatable bonds is 5. The first-order valence-corrected chi connectivity index (χ1v) is 16.7. The summed E-state index contributed by atoms with van der Waals surface area (Å²) in [6, 6.07) is 64.2. The Labute approximate surface area is 263 Å². The lowest BCUT2D eigenvalue weighted by molar-refractivity contribution is 1.15. The van der Waals surface area contributed by atoms with Crippen molar-refractivity contribution in [3.05, 3.63) is 176 Å². The van der Waals surface area contributed by atoms with E-state index in [1.165, 1.54) is 70.9 Å². The number of nitrogens with zero attached hydrogens (tertiary/aromatic N) is 2. The highest BCUT2D eigenvalue weighted by Crippen LogP contribution is 2.42. The monoisotopic (exact) mass is 592 g/mol. The second-order valence-electron chi connectivity index (χ2n) is 11.4. The average Bonchev–Trinajstić information content (AvgIpc) is 3.63. The van der Waals surface area contributed by atoms with Crippen molar-refractivity contribution >= 4 is 67.4 Å². The summed E-state index contributed by atoms with van der Waals surface area (Å²) in [5, 5.41) is 9.11. The van der Waals surface area contributed by atoms with Gasteiger partial charge in [-0.1, -0.05) is 140 Å². The molecule has 0 aliphatic rings. The minimum absolute atomic E-state index is 0.676. The van der Waals surface area contributed by atoms with Crippen molar-refractivity contribution in [3.8, 4) is 11.4 Å². The van der Waals surface area contributed by atoms with Gasteiger partial charge in [0.15, 0.2) is 0 Å². The van der Waals surface area contributed by atoms with Crippen LogP contribution in [0.25, 0.3) is 55.0 Å². The molecule has 0 atom stereocenters. The van der Waals surface area contributed by atoms with Crippen LogP contribution in [0.3, 0.4) is 0 Å². The van der Waals surface area contributed by atoms with E-state index in [-0.39, 0.29) is 0 Å². The molecule has 0 aliphatic carbocycles. The van der Waals surface area contributed by atoms with Crippen molar-refractivity contribution in [2.24, 2.45) is 0 Å². The normalized spacial score (nSPS) is 11.8. The van der Waals surface area contributed by atoms with E-state index >= 15 is 0 Å². The van der Waals surface area contributed by atoms with Gasteiger partial charge in [-0.15, -0.1) is 0 Å². The molecule has 0 unspecified atom stereocenters. The van der Waals surface area contributed by atoms with Gasteiger partial charge < -0.3 is 9.13 Å². The minimum Gasteiger partial charge on any atom is -0.307 e. The summed E-state index contributed by atoms with van der Waals surface area (Å²) in [5.41, 5.74) is 7.23. The Balaban J connectivity index is 1.33. The molecule has 45 heavy (non-hydrogen) atoms. The lowest BCUT2D eigenvalue weighted by Crippen LogP contribution is -2.20. The largest absolute Gasteiger partial charge is 0.307 e. The van der Waals surface area contributed by atoms with Gasteiger partial charge in [0.1, 0.15) is 0 Å². The van der Waals surface area contributed by atoms with E-state index in [2.05, 4.69) is 185 Å². The highest BCUT2D eigenvalue weighted by atomic mass is 31.1.